The summed E-state index contributed by atoms with van der Waals surface area (Å²) in [5.41, 5.74) is 5.80. The van der Waals surface area contributed by atoms with E-state index in [1.165, 1.54) is 0 Å². The van der Waals surface area contributed by atoms with E-state index in [1.54, 1.807) is 13.8 Å². The summed E-state index contributed by atoms with van der Waals surface area (Å²) in [6.45, 7) is 3.49. The van der Waals surface area contributed by atoms with Crippen LogP contribution in [0.3, 0.4) is 0 Å². The minimum absolute atomic E-state index is 0.258. The molecule has 8 N–H and O–H groups in total. The smallest absolute Gasteiger partial charge is 0.327 e. The molecule has 0 radical (unpaired) electrons. The number of thiol groups is 1. The lowest BCUT2D eigenvalue weighted by Gasteiger charge is -2.25. The van der Waals surface area contributed by atoms with Gasteiger partial charge < -0.3 is 37.0 Å². The van der Waals surface area contributed by atoms with Gasteiger partial charge in [0.1, 0.15) is 18.1 Å². The van der Waals surface area contributed by atoms with E-state index in [0.29, 0.717) is 6.42 Å². The number of carboxylic acids is 3. The number of nitrogens with two attached hydrogens (primary N) is 1. The zero-order valence-electron chi connectivity index (χ0n) is 17.7. The fraction of sp³-hybridized carbons (Fsp3) is 0.667. The molecule has 5 atom stereocenters. The van der Waals surface area contributed by atoms with E-state index < -0.39 is 79.1 Å². The Morgan fingerprint density at radius 2 is 1.34 bits per heavy atom. The predicted octanol–water partition coefficient (Wildman–Crippen LogP) is -1.83. The quantitative estimate of drug-likeness (QED) is 0.123. The Bertz CT molecular complexity index is 719. The minimum atomic E-state index is -1.60. The Labute approximate surface area is 189 Å². The fourth-order valence-electron chi connectivity index (χ4n) is 2.43. The highest BCUT2D eigenvalue weighted by molar-refractivity contribution is 7.80. The molecular weight excluding hydrogens is 448 g/mol. The Morgan fingerprint density at radius 1 is 0.844 bits per heavy atom. The van der Waals surface area contributed by atoms with Gasteiger partial charge in [-0.2, -0.15) is 12.6 Å². The van der Waals surface area contributed by atoms with Crippen molar-refractivity contribution in [1.29, 1.82) is 0 Å². The molecule has 0 aromatic heterocycles. The van der Waals surface area contributed by atoms with Gasteiger partial charge in [-0.15, -0.1) is 0 Å². The molecule has 0 aliphatic carbocycles. The minimum Gasteiger partial charge on any atom is -0.481 e. The second kappa shape index (κ2) is 14.2. The molecule has 5 unspecified atom stereocenters. The van der Waals surface area contributed by atoms with Gasteiger partial charge in [0.2, 0.25) is 17.7 Å². The molecule has 0 saturated heterocycles. The van der Waals surface area contributed by atoms with Gasteiger partial charge in [-0.25, -0.2) is 4.79 Å². The second-order valence-electron chi connectivity index (χ2n) is 7.15. The van der Waals surface area contributed by atoms with Gasteiger partial charge in [-0.1, -0.05) is 20.3 Å². The number of carboxylic acid groups (broad SMARTS) is 3. The molecule has 0 bridgehead atoms. The third kappa shape index (κ3) is 10.4. The first-order chi connectivity index (χ1) is 14.8. The van der Waals surface area contributed by atoms with Gasteiger partial charge in [0, 0.05) is 12.2 Å². The summed E-state index contributed by atoms with van der Waals surface area (Å²) in [5, 5.41) is 33.5. The molecule has 0 aromatic carbocycles. The Morgan fingerprint density at radius 3 is 1.78 bits per heavy atom. The third-order valence-corrected chi connectivity index (χ3v) is 5.01. The Hall–Kier alpha value is -2.87. The number of carbonyl (C=O) groups excluding carboxylic acids is 3. The lowest BCUT2D eigenvalue weighted by atomic mass is 9.99. The van der Waals surface area contributed by atoms with E-state index in [2.05, 4.69) is 28.6 Å². The van der Waals surface area contributed by atoms with Crippen LogP contribution in [0.5, 0.6) is 0 Å². The van der Waals surface area contributed by atoms with Crippen molar-refractivity contribution < 1.29 is 44.1 Å². The maximum atomic E-state index is 12.6. The number of hydrogen-bond acceptors (Lipinski definition) is 8. The van der Waals surface area contributed by atoms with Crippen molar-refractivity contribution in [2.24, 2.45) is 11.7 Å². The van der Waals surface area contributed by atoms with Crippen molar-refractivity contribution in [3.63, 3.8) is 0 Å². The highest BCUT2D eigenvalue weighted by Crippen LogP contribution is 2.07. The molecule has 0 aliphatic heterocycles. The van der Waals surface area contributed by atoms with E-state index in [4.69, 9.17) is 21.1 Å². The van der Waals surface area contributed by atoms with E-state index in [9.17, 15) is 28.8 Å². The van der Waals surface area contributed by atoms with Gasteiger partial charge in [0.25, 0.3) is 0 Å². The molecule has 0 heterocycles. The van der Waals surface area contributed by atoms with Crippen LogP contribution in [-0.4, -0.2) is 80.9 Å². The molecular formula is C18H30N4O9S. The number of aliphatic carboxylic acids is 3. The largest absolute Gasteiger partial charge is 0.481 e. The number of rotatable bonds is 15. The average Bonchev–Trinajstić information content (AvgIpc) is 2.71. The molecule has 0 aliphatic rings. The SMILES string of the molecule is CCC(C)C(N)C(=O)NC(CC(=O)O)C(=O)NC(CCC(=O)O)C(=O)NC(CS)C(=O)O. The van der Waals surface area contributed by atoms with Crippen LogP contribution in [0.25, 0.3) is 0 Å². The van der Waals surface area contributed by atoms with E-state index in [1.807, 2.05) is 0 Å². The summed E-state index contributed by atoms with van der Waals surface area (Å²) in [6, 6.07) is -5.52. The molecule has 14 heteroatoms. The molecule has 3 amide bonds. The summed E-state index contributed by atoms with van der Waals surface area (Å²) in [4.78, 5) is 70.5. The number of nitrogens with one attached hydrogen (secondary N) is 3. The lowest BCUT2D eigenvalue weighted by molar-refractivity contribution is -0.143. The monoisotopic (exact) mass is 478 g/mol. The van der Waals surface area contributed by atoms with Crippen molar-refractivity contribution in [3.8, 4) is 0 Å². The molecule has 0 aromatic rings. The first-order valence-corrected chi connectivity index (χ1v) is 10.4. The lowest BCUT2D eigenvalue weighted by Crippen LogP contribution is -2.58. The zero-order chi connectivity index (χ0) is 25.0. The van der Waals surface area contributed by atoms with Crippen LogP contribution in [0.2, 0.25) is 0 Å². The number of amides is 3. The molecule has 0 saturated carbocycles. The van der Waals surface area contributed by atoms with Crippen LogP contribution in [0.4, 0.5) is 0 Å². The zero-order valence-corrected chi connectivity index (χ0v) is 18.6. The normalized spacial score (nSPS) is 15.4. The summed E-state index contributed by atoms with van der Waals surface area (Å²) >= 11 is 3.80. The van der Waals surface area contributed by atoms with Crippen molar-refractivity contribution in [2.75, 3.05) is 5.75 Å². The Kier molecular flexibility index (Phi) is 13.0. The van der Waals surface area contributed by atoms with Gasteiger partial charge >= 0.3 is 17.9 Å². The molecule has 0 rings (SSSR count). The molecule has 182 valence electrons. The van der Waals surface area contributed by atoms with Crippen LogP contribution < -0.4 is 21.7 Å². The highest BCUT2D eigenvalue weighted by atomic mass is 32.1. The molecule has 32 heavy (non-hydrogen) atoms. The predicted molar refractivity (Wildman–Crippen MR) is 114 cm³/mol. The highest BCUT2D eigenvalue weighted by Gasteiger charge is 2.32. The third-order valence-electron chi connectivity index (χ3n) is 4.65. The maximum absolute atomic E-state index is 12.6. The van der Waals surface area contributed by atoms with Crippen LogP contribution in [-0.2, 0) is 28.8 Å². The molecule has 0 spiro atoms. The van der Waals surface area contributed by atoms with E-state index in [0.717, 1.165) is 0 Å². The van der Waals surface area contributed by atoms with Crippen LogP contribution in [0.15, 0.2) is 0 Å². The average molecular weight is 479 g/mol. The standard InChI is InChI=1S/C18H30N4O9S/c1-3-8(2)14(19)17(29)21-10(6-13(25)26)16(28)20-9(4-5-12(23)24)15(27)22-11(7-32)18(30)31/h8-11,14,32H,3-7,19H2,1-2H3,(H,20,28)(H,21,29)(H,22,27)(H,23,24)(H,25,26)(H,30,31). The van der Waals surface area contributed by atoms with Gasteiger partial charge in [0.15, 0.2) is 0 Å². The first-order valence-electron chi connectivity index (χ1n) is 9.77. The molecule has 13 nitrogen and oxygen atoms in total. The van der Waals surface area contributed by atoms with Crippen LogP contribution in [0, 0.1) is 5.92 Å². The maximum Gasteiger partial charge on any atom is 0.327 e. The van der Waals surface area contributed by atoms with E-state index in [-0.39, 0.29) is 11.7 Å². The summed E-state index contributed by atoms with van der Waals surface area (Å²) in [7, 11) is 0. The summed E-state index contributed by atoms with van der Waals surface area (Å²) in [5.74, 6) is -7.47. The van der Waals surface area contributed by atoms with Crippen molar-refractivity contribution in [2.45, 2.75) is 63.7 Å². The number of hydrogen-bond donors (Lipinski definition) is 8. The van der Waals surface area contributed by atoms with Crippen LogP contribution in [0.1, 0.15) is 39.5 Å². The van der Waals surface area contributed by atoms with Crippen molar-refractivity contribution in [1.82, 2.24) is 16.0 Å². The summed E-state index contributed by atoms with van der Waals surface area (Å²) in [6.07, 6.45) is -1.23. The fourth-order valence-corrected chi connectivity index (χ4v) is 2.68. The van der Waals surface area contributed by atoms with Crippen molar-refractivity contribution >= 4 is 48.3 Å². The summed E-state index contributed by atoms with van der Waals surface area (Å²) < 4.78 is 0. The van der Waals surface area contributed by atoms with E-state index >= 15 is 0 Å². The number of carbonyl (C=O) groups is 6. The van der Waals surface area contributed by atoms with Gasteiger partial charge in [-0.3, -0.25) is 24.0 Å². The van der Waals surface area contributed by atoms with Gasteiger partial charge in [0.05, 0.1) is 12.5 Å². The topological polar surface area (TPSA) is 225 Å². The Balaban J connectivity index is 5.54. The second-order valence-corrected chi connectivity index (χ2v) is 7.51. The van der Waals surface area contributed by atoms with Gasteiger partial charge in [-0.05, 0) is 12.3 Å². The first kappa shape index (κ1) is 29.1. The molecule has 0 fully saturated rings. The van der Waals surface area contributed by atoms with Crippen LogP contribution >= 0.6 is 12.6 Å². The van der Waals surface area contributed by atoms with Crippen molar-refractivity contribution in [3.05, 3.63) is 0 Å².